The monoisotopic (exact) mass is 268 g/mol. The van der Waals surface area contributed by atoms with E-state index in [2.05, 4.69) is 84.0 Å². The molecule has 0 nitrogen and oxygen atoms in total. The zero-order chi connectivity index (χ0) is 15.0. The van der Waals surface area contributed by atoms with Crippen LogP contribution in [-0.2, 0) is 5.41 Å². The molecule has 0 spiro atoms. The van der Waals surface area contributed by atoms with Gasteiger partial charge in [0.05, 0.1) is 0 Å². The average Bonchev–Trinajstić information content (AvgIpc) is 2.37. The largest absolute Gasteiger partial charge is 0.0799 e. The second-order valence-electron chi connectivity index (χ2n) is 7.98. The Hall–Kier alpha value is -1.30. The van der Waals surface area contributed by atoms with E-state index < -0.39 is 0 Å². The van der Waals surface area contributed by atoms with E-state index >= 15 is 0 Å². The fraction of sp³-hybridized carbons (Fsp3) is 0.500. The van der Waals surface area contributed by atoms with Crippen LogP contribution in [0.5, 0.6) is 0 Å². The summed E-state index contributed by atoms with van der Waals surface area (Å²) in [7, 11) is 0. The van der Waals surface area contributed by atoms with Crippen molar-refractivity contribution in [1.82, 2.24) is 0 Å². The second kappa shape index (κ2) is 5.24. The van der Waals surface area contributed by atoms with Crippen molar-refractivity contribution < 1.29 is 0 Å². The Balaban J connectivity index is 2.13. The lowest BCUT2D eigenvalue weighted by Gasteiger charge is -2.26. The third kappa shape index (κ3) is 3.42. The summed E-state index contributed by atoms with van der Waals surface area (Å²) >= 11 is 0. The van der Waals surface area contributed by atoms with Gasteiger partial charge in [-0.15, -0.1) is 0 Å². The van der Waals surface area contributed by atoms with E-state index in [0.29, 0.717) is 5.92 Å². The summed E-state index contributed by atoms with van der Waals surface area (Å²) in [6, 6.07) is 9.16. The highest BCUT2D eigenvalue weighted by Gasteiger charge is 2.19. The molecule has 1 aromatic rings. The van der Waals surface area contributed by atoms with Gasteiger partial charge in [0.15, 0.2) is 0 Å². The first-order valence-electron chi connectivity index (χ1n) is 7.67. The Labute approximate surface area is 124 Å². The molecule has 0 amide bonds. The number of allylic oxidation sites excluding steroid dienone is 4. The maximum absolute atomic E-state index is 2.41. The Morgan fingerprint density at radius 2 is 1.45 bits per heavy atom. The molecule has 0 N–H and O–H groups in total. The third-order valence-electron chi connectivity index (χ3n) is 4.17. The molecule has 0 heteroatoms. The lowest BCUT2D eigenvalue weighted by atomic mass is 9.79. The van der Waals surface area contributed by atoms with Crippen molar-refractivity contribution in [3.8, 4) is 0 Å². The van der Waals surface area contributed by atoms with Gasteiger partial charge < -0.3 is 0 Å². The standard InChI is InChI=1S/C20H28/c1-19(2,3)17-11-7-15(8-12-17)16-9-13-18(14-10-16)20(4,5)6/h7-9,11-14,16H,10H2,1-6H3. The van der Waals surface area contributed by atoms with Crippen molar-refractivity contribution in [2.75, 3.05) is 0 Å². The van der Waals surface area contributed by atoms with Gasteiger partial charge in [0.25, 0.3) is 0 Å². The van der Waals surface area contributed by atoms with Crippen LogP contribution in [0.25, 0.3) is 0 Å². The highest BCUT2D eigenvalue weighted by atomic mass is 14.2. The van der Waals surface area contributed by atoms with Crippen molar-refractivity contribution in [3.05, 3.63) is 59.2 Å². The first-order valence-corrected chi connectivity index (χ1v) is 7.67. The van der Waals surface area contributed by atoms with E-state index in [1.54, 1.807) is 0 Å². The molecule has 1 aliphatic rings. The van der Waals surface area contributed by atoms with E-state index in [0.717, 1.165) is 6.42 Å². The molecule has 1 aliphatic carbocycles. The van der Waals surface area contributed by atoms with Crippen molar-refractivity contribution in [3.63, 3.8) is 0 Å². The summed E-state index contributed by atoms with van der Waals surface area (Å²) in [5, 5.41) is 0. The van der Waals surface area contributed by atoms with Gasteiger partial charge in [0.1, 0.15) is 0 Å². The van der Waals surface area contributed by atoms with Crippen LogP contribution < -0.4 is 0 Å². The van der Waals surface area contributed by atoms with Gasteiger partial charge in [-0.1, -0.05) is 84.0 Å². The summed E-state index contributed by atoms with van der Waals surface area (Å²) in [6.45, 7) is 13.6. The Bertz CT molecular complexity index is 513. The van der Waals surface area contributed by atoms with Gasteiger partial charge in [0.2, 0.25) is 0 Å². The van der Waals surface area contributed by atoms with Gasteiger partial charge in [-0.25, -0.2) is 0 Å². The molecule has 0 aromatic heterocycles. The molecule has 0 bridgehead atoms. The Morgan fingerprint density at radius 1 is 0.850 bits per heavy atom. The summed E-state index contributed by atoms with van der Waals surface area (Å²) in [6.07, 6.45) is 8.21. The number of rotatable bonds is 1. The molecule has 0 fully saturated rings. The number of hydrogen-bond acceptors (Lipinski definition) is 0. The molecule has 108 valence electrons. The van der Waals surface area contributed by atoms with Crippen LogP contribution in [0.1, 0.15) is 65.0 Å². The molecule has 0 heterocycles. The first-order chi connectivity index (χ1) is 9.18. The zero-order valence-corrected chi connectivity index (χ0v) is 13.8. The van der Waals surface area contributed by atoms with Crippen LogP contribution in [0, 0.1) is 5.41 Å². The minimum atomic E-state index is 0.236. The van der Waals surface area contributed by atoms with Crippen LogP contribution in [0.15, 0.2) is 48.1 Å². The molecule has 2 rings (SSSR count). The van der Waals surface area contributed by atoms with Crippen molar-refractivity contribution in [1.29, 1.82) is 0 Å². The summed E-state index contributed by atoms with van der Waals surface area (Å²) in [5.74, 6) is 0.537. The lowest BCUT2D eigenvalue weighted by Crippen LogP contribution is -2.12. The summed E-state index contributed by atoms with van der Waals surface area (Å²) < 4.78 is 0. The van der Waals surface area contributed by atoms with Crippen molar-refractivity contribution in [2.45, 2.75) is 59.3 Å². The van der Waals surface area contributed by atoms with Crippen molar-refractivity contribution >= 4 is 0 Å². The normalized spacial score (nSPS) is 19.9. The lowest BCUT2D eigenvalue weighted by molar-refractivity contribution is 0.510. The molecular formula is C20H28. The maximum Gasteiger partial charge on any atom is 0.00559 e. The van der Waals surface area contributed by atoms with Gasteiger partial charge in [0, 0.05) is 5.92 Å². The smallest absolute Gasteiger partial charge is 0.00559 e. The minimum absolute atomic E-state index is 0.236. The highest BCUT2D eigenvalue weighted by Crippen LogP contribution is 2.34. The van der Waals surface area contributed by atoms with E-state index in [4.69, 9.17) is 0 Å². The van der Waals surface area contributed by atoms with Crippen LogP contribution in [0.2, 0.25) is 0 Å². The number of benzene rings is 1. The molecule has 0 saturated carbocycles. The summed E-state index contributed by atoms with van der Waals surface area (Å²) in [5.41, 5.74) is 4.79. The maximum atomic E-state index is 2.41. The topological polar surface area (TPSA) is 0 Å². The van der Waals surface area contributed by atoms with Gasteiger partial charge >= 0.3 is 0 Å². The van der Waals surface area contributed by atoms with Crippen molar-refractivity contribution in [2.24, 2.45) is 5.41 Å². The highest BCUT2D eigenvalue weighted by molar-refractivity contribution is 5.37. The molecule has 0 radical (unpaired) electrons. The SMILES string of the molecule is CC(C)(C)C1=CCC(c2ccc(C(C)(C)C)cc2)C=C1. The van der Waals surface area contributed by atoms with E-state index in [-0.39, 0.29) is 10.8 Å². The predicted molar refractivity (Wildman–Crippen MR) is 89.2 cm³/mol. The van der Waals surface area contributed by atoms with E-state index in [9.17, 15) is 0 Å². The van der Waals surface area contributed by atoms with Crippen LogP contribution in [-0.4, -0.2) is 0 Å². The fourth-order valence-electron chi connectivity index (χ4n) is 2.65. The van der Waals surface area contributed by atoms with Crippen LogP contribution >= 0.6 is 0 Å². The van der Waals surface area contributed by atoms with Crippen LogP contribution in [0.3, 0.4) is 0 Å². The van der Waals surface area contributed by atoms with Gasteiger partial charge in [-0.05, 0) is 34.0 Å². The van der Waals surface area contributed by atoms with E-state index in [1.807, 2.05) is 0 Å². The third-order valence-corrected chi connectivity index (χ3v) is 4.17. The predicted octanol–water partition coefficient (Wildman–Crippen LogP) is 6.00. The Morgan fingerprint density at radius 3 is 1.85 bits per heavy atom. The van der Waals surface area contributed by atoms with Crippen LogP contribution in [0.4, 0.5) is 0 Å². The Kier molecular flexibility index (Phi) is 3.95. The quantitative estimate of drug-likeness (QED) is 0.586. The second-order valence-corrected chi connectivity index (χ2v) is 7.98. The molecule has 0 aliphatic heterocycles. The number of hydrogen-bond donors (Lipinski definition) is 0. The molecule has 1 aromatic carbocycles. The van der Waals surface area contributed by atoms with Gasteiger partial charge in [-0.2, -0.15) is 0 Å². The molecule has 0 saturated heterocycles. The molecule has 1 atom stereocenters. The fourth-order valence-corrected chi connectivity index (χ4v) is 2.65. The first kappa shape index (κ1) is 15.1. The summed E-state index contributed by atoms with van der Waals surface area (Å²) in [4.78, 5) is 0. The molecule has 20 heavy (non-hydrogen) atoms. The molecule has 1 unspecified atom stereocenters. The minimum Gasteiger partial charge on any atom is -0.0799 e. The average molecular weight is 268 g/mol. The van der Waals surface area contributed by atoms with E-state index in [1.165, 1.54) is 16.7 Å². The van der Waals surface area contributed by atoms with Gasteiger partial charge in [-0.3, -0.25) is 0 Å². The molecular weight excluding hydrogens is 240 g/mol. The zero-order valence-electron chi connectivity index (χ0n) is 13.8.